The number of carbonyl (C=O) groups is 3. The summed E-state index contributed by atoms with van der Waals surface area (Å²) in [5.74, 6) is -1.17. The summed E-state index contributed by atoms with van der Waals surface area (Å²) >= 11 is 7.28. The minimum Gasteiger partial charge on any atom is -0.459 e. The van der Waals surface area contributed by atoms with Gasteiger partial charge in [0.2, 0.25) is 5.16 Å². The number of Topliss-reactive ketones (excluding diaryl/α,β-unsaturated/α-hetero) is 1. The van der Waals surface area contributed by atoms with Crippen LogP contribution in [0.1, 0.15) is 33.6 Å². The van der Waals surface area contributed by atoms with Gasteiger partial charge in [0.15, 0.2) is 22.6 Å². The van der Waals surface area contributed by atoms with Crippen LogP contribution in [0.2, 0.25) is 5.02 Å². The molecule has 2 atom stereocenters. The molecule has 10 heteroatoms. The zero-order chi connectivity index (χ0) is 21.7. The monoisotopic (exact) mass is 449 g/mol. The van der Waals surface area contributed by atoms with Crippen LogP contribution in [0.3, 0.4) is 0 Å². The van der Waals surface area contributed by atoms with Gasteiger partial charge < -0.3 is 9.47 Å². The van der Waals surface area contributed by atoms with Crippen molar-refractivity contribution in [3.05, 3.63) is 29.3 Å². The predicted octanol–water partition coefficient (Wildman–Crippen LogP) is 3.20. The molecule has 2 saturated heterocycles. The Morgan fingerprint density at radius 1 is 1.17 bits per heavy atom. The first-order chi connectivity index (χ1) is 14.0. The molecule has 30 heavy (non-hydrogen) atoms. The van der Waals surface area contributed by atoms with Gasteiger partial charge in [-0.1, -0.05) is 35.5 Å². The van der Waals surface area contributed by atoms with Gasteiger partial charge in [-0.25, -0.2) is 4.98 Å². The molecule has 8 nitrogen and oxygen atoms in total. The third-order valence-electron chi connectivity index (χ3n) is 5.35. The number of benzene rings is 1. The van der Waals surface area contributed by atoms with Crippen LogP contribution in [0.4, 0.5) is 0 Å². The van der Waals surface area contributed by atoms with E-state index in [4.69, 9.17) is 21.1 Å². The van der Waals surface area contributed by atoms with E-state index in [2.05, 4.69) is 15.2 Å². The number of esters is 2. The lowest BCUT2D eigenvalue weighted by molar-refractivity contribution is -0.162. The molecule has 0 saturated carbocycles. The number of H-pyrrole nitrogens is 1. The number of carbonyl (C=O) groups excluding carboxylic acids is 3. The Balaban J connectivity index is 1.45. The van der Waals surface area contributed by atoms with Gasteiger partial charge in [0, 0.05) is 18.4 Å². The highest BCUT2D eigenvalue weighted by atomic mass is 35.5. The Kier molecular flexibility index (Phi) is 4.93. The van der Waals surface area contributed by atoms with Gasteiger partial charge in [0.25, 0.3) is 0 Å². The molecule has 0 unspecified atom stereocenters. The van der Waals surface area contributed by atoms with Crippen molar-refractivity contribution in [3.8, 4) is 11.4 Å². The maximum absolute atomic E-state index is 12.9. The van der Waals surface area contributed by atoms with E-state index in [0.29, 0.717) is 21.6 Å². The first kappa shape index (κ1) is 20.9. The van der Waals surface area contributed by atoms with E-state index in [9.17, 15) is 14.4 Å². The third-order valence-corrected chi connectivity index (χ3v) is 6.53. The number of cyclic esters (lactones) is 2. The highest BCUT2D eigenvalue weighted by Gasteiger charge is 2.67. The molecule has 0 aliphatic carbocycles. The van der Waals surface area contributed by atoms with Gasteiger partial charge in [-0.05, 0) is 32.9 Å². The Morgan fingerprint density at radius 3 is 2.53 bits per heavy atom. The fourth-order valence-corrected chi connectivity index (χ4v) is 5.04. The number of nitrogens with zero attached hydrogens (tertiary/aromatic N) is 2. The molecule has 2 aliphatic rings. The molecular formula is C20H20ClN3O5S. The number of rotatable bonds is 5. The quantitative estimate of drug-likeness (QED) is 0.420. The Bertz CT molecular complexity index is 1050. The summed E-state index contributed by atoms with van der Waals surface area (Å²) in [6.45, 7) is 5.01. The summed E-state index contributed by atoms with van der Waals surface area (Å²) in [6.07, 6.45) is 0.162. The van der Waals surface area contributed by atoms with Crippen LogP contribution >= 0.6 is 23.4 Å². The minimum absolute atomic E-state index is 0.0158. The second kappa shape index (κ2) is 7.09. The van der Waals surface area contributed by atoms with Crippen molar-refractivity contribution < 1.29 is 23.9 Å². The fraction of sp³-hybridized carbons (Fsp3) is 0.450. The predicted molar refractivity (Wildman–Crippen MR) is 109 cm³/mol. The third kappa shape index (κ3) is 3.50. The van der Waals surface area contributed by atoms with Gasteiger partial charge in [0.05, 0.1) is 10.8 Å². The smallest absolute Gasteiger partial charge is 0.324 e. The molecule has 1 aromatic carbocycles. The molecule has 0 amide bonds. The molecule has 2 aromatic rings. The Hall–Kier alpha value is -2.39. The van der Waals surface area contributed by atoms with Crippen molar-refractivity contribution in [3.63, 3.8) is 0 Å². The second-order valence-electron chi connectivity index (χ2n) is 8.36. The molecule has 1 spiro atoms. The summed E-state index contributed by atoms with van der Waals surface area (Å²) in [5, 5.41) is 7.80. The molecule has 4 rings (SSSR count). The van der Waals surface area contributed by atoms with Crippen molar-refractivity contribution in [1.82, 2.24) is 15.2 Å². The van der Waals surface area contributed by atoms with Crippen molar-refractivity contribution in [2.24, 2.45) is 5.41 Å². The van der Waals surface area contributed by atoms with E-state index in [1.54, 1.807) is 19.9 Å². The average molecular weight is 450 g/mol. The van der Waals surface area contributed by atoms with Crippen molar-refractivity contribution >= 4 is 41.1 Å². The van der Waals surface area contributed by atoms with E-state index in [-0.39, 0.29) is 24.4 Å². The number of ether oxygens (including phenoxy) is 2. The van der Waals surface area contributed by atoms with E-state index in [1.165, 1.54) is 6.92 Å². The van der Waals surface area contributed by atoms with Gasteiger partial charge in [-0.15, -0.1) is 5.10 Å². The average Bonchev–Trinajstić information content (AvgIpc) is 3.29. The lowest BCUT2D eigenvalue weighted by Gasteiger charge is -2.21. The molecular weight excluding hydrogens is 430 g/mol. The molecule has 158 valence electrons. The zero-order valence-corrected chi connectivity index (χ0v) is 18.2. The van der Waals surface area contributed by atoms with Crippen LogP contribution in [0.5, 0.6) is 0 Å². The SMILES string of the molecule is CC1(C)C[C@@]2(C[C@](C)(C(=O)CSc3n[nH]c(-c4ccccc4Cl)n3)OC2=O)C(=O)O1. The van der Waals surface area contributed by atoms with Crippen LogP contribution in [-0.4, -0.2) is 49.9 Å². The number of hydrogen-bond donors (Lipinski definition) is 1. The van der Waals surface area contributed by atoms with Crippen molar-refractivity contribution in [2.75, 3.05) is 5.75 Å². The summed E-state index contributed by atoms with van der Waals surface area (Å²) in [7, 11) is 0. The number of thioether (sulfide) groups is 1. The minimum atomic E-state index is -1.42. The summed E-state index contributed by atoms with van der Waals surface area (Å²) in [4.78, 5) is 42.2. The standard InChI is InChI=1S/C20H20ClN3O5S/c1-18(2)9-20(15(26)28-18)10-19(3,29-16(20)27)13(25)8-30-17-22-14(23-24-17)11-6-4-5-7-12(11)21/h4-7H,8-10H2,1-3H3,(H,22,23,24)/t19-,20-/m1/s1. The normalized spacial score (nSPS) is 27.3. The second-order valence-corrected chi connectivity index (χ2v) is 9.71. The van der Waals surface area contributed by atoms with Crippen LogP contribution in [0, 0.1) is 5.41 Å². The van der Waals surface area contributed by atoms with Gasteiger partial charge in [0.1, 0.15) is 5.60 Å². The topological polar surface area (TPSA) is 111 Å². The van der Waals surface area contributed by atoms with E-state index >= 15 is 0 Å². The maximum Gasteiger partial charge on any atom is 0.324 e. The highest BCUT2D eigenvalue weighted by Crippen LogP contribution is 2.52. The first-order valence-corrected chi connectivity index (χ1v) is 10.7. The molecule has 1 aromatic heterocycles. The van der Waals surface area contributed by atoms with Crippen LogP contribution in [0.15, 0.2) is 29.4 Å². The maximum atomic E-state index is 12.9. The lowest BCUT2D eigenvalue weighted by atomic mass is 9.75. The molecule has 3 heterocycles. The van der Waals surface area contributed by atoms with Crippen LogP contribution in [-0.2, 0) is 23.9 Å². The van der Waals surface area contributed by atoms with Crippen molar-refractivity contribution in [1.29, 1.82) is 0 Å². The molecule has 0 radical (unpaired) electrons. The van der Waals surface area contributed by atoms with Gasteiger partial charge in [-0.2, -0.15) is 0 Å². The van der Waals surface area contributed by atoms with E-state index < -0.39 is 28.6 Å². The number of aromatic nitrogens is 3. The summed E-state index contributed by atoms with van der Waals surface area (Å²) < 4.78 is 10.7. The summed E-state index contributed by atoms with van der Waals surface area (Å²) in [5.41, 5.74) is -2.88. The Labute approximate surface area is 182 Å². The first-order valence-electron chi connectivity index (χ1n) is 9.35. The number of ketones is 1. The van der Waals surface area contributed by atoms with Crippen molar-refractivity contribution in [2.45, 2.75) is 50.0 Å². The van der Waals surface area contributed by atoms with E-state index in [1.807, 2.05) is 18.2 Å². The summed E-state index contributed by atoms with van der Waals surface area (Å²) in [6, 6.07) is 7.20. The van der Waals surface area contributed by atoms with Gasteiger partial charge in [-0.3, -0.25) is 19.5 Å². The molecule has 2 fully saturated rings. The number of halogens is 1. The molecule has 0 bridgehead atoms. The zero-order valence-electron chi connectivity index (χ0n) is 16.7. The van der Waals surface area contributed by atoms with Crippen LogP contribution in [0.25, 0.3) is 11.4 Å². The highest BCUT2D eigenvalue weighted by molar-refractivity contribution is 7.99. The Morgan fingerprint density at radius 2 is 1.87 bits per heavy atom. The van der Waals surface area contributed by atoms with Crippen LogP contribution < -0.4 is 0 Å². The number of nitrogens with one attached hydrogen (secondary N) is 1. The largest absolute Gasteiger partial charge is 0.459 e. The molecule has 1 N–H and O–H groups in total. The van der Waals surface area contributed by atoms with Gasteiger partial charge >= 0.3 is 11.9 Å². The molecule has 2 aliphatic heterocycles. The number of aromatic amines is 1. The number of hydrogen-bond acceptors (Lipinski definition) is 8. The fourth-order valence-electron chi connectivity index (χ4n) is 3.98. The van der Waals surface area contributed by atoms with E-state index in [0.717, 1.165) is 11.8 Å². The lowest BCUT2D eigenvalue weighted by Crippen LogP contribution is -2.38.